The van der Waals surface area contributed by atoms with Gasteiger partial charge in [-0.3, -0.25) is 4.57 Å². The maximum Gasteiger partial charge on any atom is 0.322 e. The summed E-state index contributed by atoms with van der Waals surface area (Å²) < 4.78 is 7.26. The Morgan fingerprint density at radius 1 is 1.03 bits per heavy atom. The molecule has 0 atom stereocenters. The standard InChI is InChI=1S/C21H25N7O2/c1-15-16(2)28(14-24-15)20-12-19(22-13-23-20)26-8-10-27(11-9-26)21(29)25-17-6-4-5-7-18(17)30-3/h4-7,12-14H,8-11H2,1-3H3,(H,25,29). The lowest BCUT2D eigenvalue weighted by molar-refractivity contribution is 0.208. The van der Waals surface area contributed by atoms with Crippen LogP contribution in [-0.4, -0.2) is 63.7 Å². The minimum absolute atomic E-state index is 0.132. The predicted octanol–water partition coefficient (Wildman–Crippen LogP) is 2.64. The molecule has 1 fully saturated rings. The number of aryl methyl sites for hydroxylation is 1. The zero-order valence-electron chi connectivity index (χ0n) is 17.4. The van der Waals surface area contributed by atoms with Gasteiger partial charge in [0.2, 0.25) is 0 Å². The van der Waals surface area contributed by atoms with Crippen molar-refractivity contribution in [1.82, 2.24) is 24.4 Å². The topological polar surface area (TPSA) is 88.4 Å². The number of methoxy groups -OCH3 is 1. The highest BCUT2D eigenvalue weighted by atomic mass is 16.5. The van der Waals surface area contributed by atoms with E-state index in [2.05, 4.69) is 25.2 Å². The van der Waals surface area contributed by atoms with E-state index in [0.29, 0.717) is 37.6 Å². The summed E-state index contributed by atoms with van der Waals surface area (Å²) in [5.41, 5.74) is 2.70. The second kappa shape index (κ2) is 8.40. The monoisotopic (exact) mass is 407 g/mol. The molecule has 30 heavy (non-hydrogen) atoms. The molecule has 9 heteroatoms. The van der Waals surface area contributed by atoms with Gasteiger partial charge in [0.05, 0.1) is 18.5 Å². The second-order valence-corrected chi connectivity index (χ2v) is 7.12. The molecule has 1 N–H and O–H groups in total. The van der Waals surface area contributed by atoms with Crippen LogP contribution in [0.1, 0.15) is 11.4 Å². The molecule has 0 aliphatic carbocycles. The second-order valence-electron chi connectivity index (χ2n) is 7.12. The highest BCUT2D eigenvalue weighted by Gasteiger charge is 2.23. The average Bonchev–Trinajstić information content (AvgIpc) is 3.12. The molecule has 3 heterocycles. The number of amides is 2. The molecular weight excluding hydrogens is 382 g/mol. The first-order chi connectivity index (χ1) is 14.6. The van der Waals surface area contributed by atoms with E-state index in [4.69, 9.17) is 4.74 Å². The van der Waals surface area contributed by atoms with Gasteiger partial charge in [-0.15, -0.1) is 0 Å². The fourth-order valence-electron chi connectivity index (χ4n) is 3.45. The number of nitrogens with zero attached hydrogens (tertiary/aromatic N) is 6. The van der Waals surface area contributed by atoms with Crippen LogP contribution in [0.4, 0.5) is 16.3 Å². The van der Waals surface area contributed by atoms with E-state index in [1.807, 2.05) is 48.7 Å². The molecule has 0 spiro atoms. The molecule has 0 saturated carbocycles. The molecule has 0 unspecified atom stereocenters. The van der Waals surface area contributed by atoms with Gasteiger partial charge < -0.3 is 19.9 Å². The van der Waals surface area contributed by atoms with E-state index in [1.54, 1.807) is 24.7 Å². The summed E-state index contributed by atoms with van der Waals surface area (Å²) in [6.45, 7) is 6.58. The number of hydrogen-bond donors (Lipinski definition) is 1. The Bertz CT molecular complexity index is 1040. The number of carbonyl (C=O) groups is 1. The number of hydrogen-bond acceptors (Lipinski definition) is 6. The third kappa shape index (κ3) is 3.91. The number of benzene rings is 1. The van der Waals surface area contributed by atoms with Crippen molar-refractivity contribution in [2.24, 2.45) is 0 Å². The smallest absolute Gasteiger partial charge is 0.322 e. The van der Waals surface area contributed by atoms with Gasteiger partial charge >= 0.3 is 6.03 Å². The molecule has 2 amide bonds. The number of imidazole rings is 1. The van der Waals surface area contributed by atoms with Crippen molar-refractivity contribution in [3.8, 4) is 11.6 Å². The number of piperazine rings is 1. The summed E-state index contributed by atoms with van der Waals surface area (Å²) >= 11 is 0. The molecule has 3 aromatic rings. The molecule has 1 saturated heterocycles. The van der Waals surface area contributed by atoms with Crippen LogP contribution in [0.3, 0.4) is 0 Å². The Kier molecular flexibility index (Phi) is 5.51. The maximum absolute atomic E-state index is 12.7. The van der Waals surface area contributed by atoms with Crippen molar-refractivity contribution in [3.05, 3.63) is 54.4 Å². The lowest BCUT2D eigenvalue weighted by Gasteiger charge is -2.35. The lowest BCUT2D eigenvalue weighted by atomic mass is 10.3. The molecule has 1 aromatic carbocycles. The third-order valence-electron chi connectivity index (χ3n) is 5.38. The van der Waals surface area contributed by atoms with Crippen molar-refractivity contribution in [1.29, 1.82) is 0 Å². The van der Waals surface area contributed by atoms with Gasteiger partial charge in [0.25, 0.3) is 0 Å². The van der Waals surface area contributed by atoms with Gasteiger partial charge in [-0.1, -0.05) is 12.1 Å². The van der Waals surface area contributed by atoms with Crippen molar-refractivity contribution < 1.29 is 9.53 Å². The zero-order chi connectivity index (χ0) is 21.1. The number of carbonyl (C=O) groups excluding carboxylic acids is 1. The molecule has 9 nitrogen and oxygen atoms in total. The van der Waals surface area contributed by atoms with Gasteiger partial charge in [-0.25, -0.2) is 19.7 Å². The molecule has 2 aromatic heterocycles. The van der Waals surface area contributed by atoms with Crippen LogP contribution in [0, 0.1) is 13.8 Å². The number of nitrogens with one attached hydrogen (secondary N) is 1. The van der Waals surface area contributed by atoms with Gasteiger partial charge in [0.1, 0.15) is 30.0 Å². The normalized spacial score (nSPS) is 14.0. The highest BCUT2D eigenvalue weighted by molar-refractivity contribution is 5.91. The maximum atomic E-state index is 12.7. The van der Waals surface area contributed by atoms with E-state index < -0.39 is 0 Å². The minimum Gasteiger partial charge on any atom is -0.495 e. The molecule has 1 aliphatic heterocycles. The van der Waals surface area contributed by atoms with Crippen molar-refractivity contribution in [2.75, 3.05) is 43.5 Å². The molecule has 0 radical (unpaired) electrons. The van der Waals surface area contributed by atoms with Crippen LogP contribution in [0.25, 0.3) is 5.82 Å². The molecule has 1 aliphatic rings. The van der Waals surface area contributed by atoms with E-state index in [0.717, 1.165) is 23.0 Å². The predicted molar refractivity (Wildman–Crippen MR) is 114 cm³/mol. The number of urea groups is 1. The minimum atomic E-state index is -0.132. The summed E-state index contributed by atoms with van der Waals surface area (Å²) in [7, 11) is 1.59. The molecular formula is C21H25N7O2. The number of ether oxygens (including phenoxy) is 1. The van der Waals surface area contributed by atoms with E-state index >= 15 is 0 Å². The van der Waals surface area contributed by atoms with Crippen molar-refractivity contribution >= 4 is 17.5 Å². The summed E-state index contributed by atoms with van der Waals surface area (Å²) in [5, 5.41) is 2.93. The first-order valence-corrected chi connectivity index (χ1v) is 9.83. The quantitative estimate of drug-likeness (QED) is 0.715. The first-order valence-electron chi connectivity index (χ1n) is 9.83. The van der Waals surface area contributed by atoms with Crippen molar-refractivity contribution in [2.45, 2.75) is 13.8 Å². The fourth-order valence-corrected chi connectivity index (χ4v) is 3.45. The average molecular weight is 407 g/mol. The Labute approximate surface area is 175 Å². The van der Waals surface area contributed by atoms with Gasteiger partial charge in [-0.05, 0) is 26.0 Å². The summed E-state index contributed by atoms with van der Waals surface area (Å²) in [6.07, 6.45) is 3.34. The SMILES string of the molecule is COc1ccccc1NC(=O)N1CCN(c2cc(-n3cnc(C)c3C)ncn2)CC1. The van der Waals surface area contributed by atoms with Gasteiger partial charge in [-0.2, -0.15) is 0 Å². The summed E-state index contributed by atoms with van der Waals surface area (Å²) in [4.78, 5) is 29.8. The Balaban J connectivity index is 1.40. The number of rotatable bonds is 4. The first kappa shape index (κ1) is 19.7. The van der Waals surface area contributed by atoms with Crippen molar-refractivity contribution in [3.63, 3.8) is 0 Å². The number of anilines is 2. The van der Waals surface area contributed by atoms with Crippen LogP contribution < -0.4 is 15.0 Å². The van der Waals surface area contributed by atoms with Gasteiger partial charge in [0, 0.05) is 37.9 Å². The van der Waals surface area contributed by atoms with Crippen LogP contribution in [0.2, 0.25) is 0 Å². The van der Waals surface area contributed by atoms with E-state index in [9.17, 15) is 4.79 Å². The van der Waals surface area contributed by atoms with Crippen LogP contribution in [-0.2, 0) is 0 Å². The Hall–Kier alpha value is -3.62. The highest BCUT2D eigenvalue weighted by Crippen LogP contribution is 2.24. The van der Waals surface area contributed by atoms with Crippen LogP contribution in [0.5, 0.6) is 5.75 Å². The zero-order valence-corrected chi connectivity index (χ0v) is 17.4. The Morgan fingerprint density at radius 3 is 2.47 bits per heavy atom. The number of aromatic nitrogens is 4. The molecule has 0 bridgehead atoms. The summed E-state index contributed by atoms with van der Waals surface area (Å²) in [6, 6.07) is 9.21. The molecule has 156 valence electrons. The summed E-state index contributed by atoms with van der Waals surface area (Å²) in [5.74, 6) is 2.27. The fraction of sp³-hybridized carbons (Fsp3) is 0.333. The Morgan fingerprint density at radius 2 is 1.77 bits per heavy atom. The number of para-hydroxylation sites is 2. The lowest BCUT2D eigenvalue weighted by Crippen LogP contribution is -2.50. The molecule has 4 rings (SSSR count). The third-order valence-corrected chi connectivity index (χ3v) is 5.38. The van der Waals surface area contributed by atoms with Crippen LogP contribution in [0.15, 0.2) is 43.0 Å². The largest absolute Gasteiger partial charge is 0.495 e. The van der Waals surface area contributed by atoms with E-state index in [1.165, 1.54) is 0 Å². The van der Waals surface area contributed by atoms with Crippen LogP contribution >= 0.6 is 0 Å². The van der Waals surface area contributed by atoms with E-state index in [-0.39, 0.29) is 6.03 Å². The van der Waals surface area contributed by atoms with Gasteiger partial charge in [0.15, 0.2) is 0 Å².